The molecule has 0 aliphatic heterocycles. The Bertz CT molecular complexity index is 1230. The van der Waals surface area contributed by atoms with Gasteiger partial charge in [0.05, 0.1) is 11.1 Å². The van der Waals surface area contributed by atoms with E-state index in [0.717, 1.165) is 6.07 Å². The molecule has 162 valence electrons. The Morgan fingerprint density at radius 1 is 0.968 bits per heavy atom. The fourth-order valence-corrected chi connectivity index (χ4v) is 3.19. The van der Waals surface area contributed by atoms with Crippen LogP contribution >= 0.6 is 11.6 Å². The van der Waals surface area contributed by atoms with E-state index in [2.05, 4.69) is 25.9 Å². The van der Waals surface area contributed by atoms with Gasteiger partial charge >= 0.3 is 12.4 Å². The number of hydrogen-bond donors (Lipinski definition) is 2. The first-order valence-corrected chi connectivity index (χ1v) is 8.88. The molecule has 0 amide bonds. The Morgan fingerprint density at radius 2 is 1.71 bits per heavy atom. The maximum atomic E-state index is 13.1. The van der Waals surface area contributed by atoms with E-state index in [9.17, 15) is 26.3 Å². The van der Waals surface area contributed by atoms with Crippen LogP contribution in [0.3, 0.4) is 0 Å². The molecule has 31 heavy (non-hydrogen) atoms. The molecule has 0 radical (unpaired) electrons. The first kappa shape index (κ1) is 21.0. The first-order valence-electron chi connectivity index (χ1n) is 8.50. The molecule has 2 N–H and O–H groups in total. The van der Waals surface area contributed by atoms with Gasteiger partial charge in [-0.15, -0.1) is 10.2 Å². The summed E-state index contributed by atoms with van der Waals surface area (Å²) in [6, 6.07) is 6.49. The average molecular weight is 462 g/mol. The zero-order chi connectivity index (χ0) is 22.4. The maximum absolute atomic E-state index is 13.1. The molecule has 2 aromatic heterocycles. The van der Waals surface area contributed by atoms with Gasteiger partial charge in [-0.2, -0.15) is 31.6 Å². The largest absolute Gasteiger partial charge is 0.453 e. The number of furan rings is 1. The molecule has 4 rings (SSSR count). The third-order valence-corrected chi connectivity index (χ3v) is 4.72. The second kappa shape index (κ2) is 7.45. The lowest BCUT2D eigenvalue weighted by molar-refractivity contribution is -0.162. The molecule has 0 aliphatic carbocycles. The third-order valence-electron chi connectivity index (χ3n) is 4.36. The summed E-state index contributed by atoms with van der Waals surface area (Å²) in [6.45, 7) is -0.0598. The van der Waals surface area contributed by atoms with E-state index in [1.807, 2.05) is 0 Å². The summed E-state index contributed by atoms with van der Waals surface area (Å²) >= 11 is 6.23. The van der Waals surface area contributed by atoms with Gasteiger partial charge in [0.15, 0.2) is 5.76 Å². The summed E-state index contributed by atoms with van der Waals surface area (Å²) in [7, 11) is 0. The van der Waals surface area contributed by atoms with Gasteiger partial charge in [0, 0.05) is 22.6 Å². The molecule has 4 aromatic rings. The molecule has 0 atom stereocenters. The van der Waals surface area contributed by atoms with Gasteiger partial charge in [-0.25, -0.2) is 0 Å². The molecule has 0 bridgehead atoms. The minimum atomic E-state index is -5.17. The second-order valence-corrected chi connectivity index (χ2v) is 6.84. The van der Waals surface area contributed by atoms with Crippen molar-refractivity contribution in [3.05, 3.63) is 58.1 Å². The highest BCUT2D eigenvalue weighted by molar-refractivity contribution is 6.32. The molecule has 13 heteroatoms. The first-order chi connectivity index (χ1) is 14.5. The molecule has 2 heterocycles. The number of aromatic nitrogens is 4. The number of aromatic amines is 1. The van der Waals surface area contributed by atoms with Crippen molar-refractivity contribution in [1.29, 1.82) is 0 Å². The summed E-state index contributed by atoms with van der Waals surface area (Å²) in [5, 5.41) is 16.9. The van der Waals surface area contributed by atoms with Gasteiger partial charge in [-0.05, 0) is 47.2 Å². The fraction of sp³-hybridized carbons (Fsp3) is 0.167. The molecule has 0 unspecified atom stereocenters. The van der Waals surface area contributed by atoms with E-state index < -0.39 is 23.5 Å². The van der Waals surface area contributed by atoms with Gasteiger partial charge < -0.3 is 9.73 Å². The number of halogens is 7. The molecule has 0 aliphatic rings. The lowest BCUT2D eigenvalue weighted by Gasteiger charge is -2.17. The number of hydrogen-bond acceptors (Lipinski definition) is 5. The van der Waals surface area contributed by atoms with Gasteiger partial charge in [-0.1, -0.05) is 11.6 Å². The van der Waals surface area contributed by atoms with Crippen molar-refractivity contribution in [2.24, 2.45) is 0 Å². The predicted molar refractivity (Wildman–Crippen MR) is 98.2 cm³/mol. The summed E-state index contributed by atoms with van der Waals surface area (Å²) in [5.74, 6) is 0.541. The number of anilines is 1. The van der Waals surface area contributed by atoms with Crippen molar-refractivity contribution in [1.82, 2.24) is 20.6 Å². The van der Waals surface area contributed by atoms with Crippen LogP contribution in [-0.4, -0.2) is 20.6 Å². The van der Waals surface area contributed by atoms with Crippen LogP contribution in [-0.2, 0) is 18.9 Å². The average Bonchev–Trinajstić information content (AvgIpc) is 3.33. The van der Waals surface area contributed by atoms with Crippen LogP contribution in [0.1, 0.15) is 16.7 Å². The van der Waals surface area contributed by atoms with Crippen molar-refractivity contribution >= 4 is 28.3 Å². The molecule has 2 aromatic carbocycles. The second-order valence-electron chi connectivity index (χ2n) is 6.44. The van der Waals surface area contributed by atoms with Crippen molar-refractivity contribution in [2.45, 2.75) is 18.9 Å². The number of nitrogens with one attached hydrogen (secondary N) is 2. The Balaban J connectivity index is 1.61. The van der Waals surface area contributed by atoms with E-state index in [1.54, 1.807) is 18.2 Å². The monoisotopic (exact) mass is 461 g/mol. The summed E-state index contributed by atoms with van der Waals surface area (Å²) in [6.07, 6.45) is -10.3. The number of tetrazole rings is 1. The number of rotatable bonds is 4. The lowest BCUT2D eigenvalue weighted by Crippen LogP contribution is -2.17. The van der Waals surface area contributed by atoms with Crippen molar-refractivity contribution in [3.63, 3.8) is 0 Å². The zero-order valence-corrected chi connectivity index (χ0v) is 15.8. The zero-order valence-electron chi connectivity index (χ0n) is 15.1. The third kappa shape index (κ3) is 4.29. The number of nitrogens with zero attached hydrogens (tertiary/aromatic N) is 3. The quantitative estimate of drug-likeness (QED) is 0.369. The standard InChI is InChI=1S/C18H10ClF6N5O/c19-13-3-8-4-15(16-27-29-30-28-16)31-14(8)5-9(13)7-26-10-1-2-11(17(20,21)22)12(6-10)18(23,24)25/h1-6,26H,7H2,(H,27,28,29,30). The van der Waals surface area contributed by atoms with E-state index in [4.69, 9.17) is 16.0 Å². The van der Waals surface area contributed by atoms with Gasteiger partial charge in [0.25, 0.3) is 0 Å². The van der Waals surface area contributed by atoms with Crippen LogP contribution in [0.2, 0.25) is 5.02 Å². The van der Waals surface area contributed by atoms with Crippen molar-refractivity contribution < 1.29 is 30.8 Å². The Labute approximate surface area is 174 Å². The molecule has 0 fully saturated rings. The Morgan fingerprint density at radius 3 is 2.35 bits per heavy atom. The summed E-state index contributed by atoms with van der Waals surface area (Å²) in [4.78, 5) is 0. The van der Waals surface area contributed by atoms with E-state index in [1.165, 1.54) is 0 Å². The fourth-order valence-electron chi connectivity index (χ4n) is 2.95. The predicted octanol–water partition coefficient (Wildman–Crippen LogP) is 5.92. The lowest BCUT2D eigenvalue weighted by atomic mass is 10.1. The van der Waals surface area contributed by atoms with E-state index in [0.29, 0.717) is 34.4 Å². The van der Waals surface area contributed by atoms with Crippen molar-refractivity contribution in [2.75, 3.05) is 5.32 Å². The Kier molecular flexibility index (Phi) is 5.04. The Hall–Kier alpha value is -3.28. The molecular formula is C18H10ClF6N5O. The van der Waals surface area contributed by atoms with E-state index >= 15 is 0 Å². The van der Waals surface area contributed by atoms with Gasteiger partial charge in [-0.3, -0.25) is 0 Å². The smallest absolute Gasteiger partial charge is 0.417 e. The minimum Gasteiger partial charge on any atom is -0.453 e. The number of H-pyrrole nitrogens is 1. The molecule has 6 nitrogen and oxygen atoms in total. The summed E-state index contributed by atoms with van der Waals surface area (Å²) in [5.41, 5.74) is -2.82. The highest BCUT2D eigenvalue weighted by Gasteiger charge is 2.43. The van der Waals surface area contributed by atoms with Crippen LogP contribution in [0.5, 0.6) is 0 Å². The highest BCUT2D eigenvalue weighted by atomic mass is 35.5. The molecular weight excluding hydrogens is 452 g/mol. The minimum absolute atomic E-state index is 0.0598. The normalized spacial score (nSPS) is 12.5. The SMILES string of the molecule is FC(F)(F)c1ccc(NCc2cc3oc(-c4nn[nH]n4)cc3cc2Cl)cc1C(F)(F)F. The maximum Gasteiger partial charge on any atom is 0.417 e. The van der Waals surface area contributed by atoms with Crippen LogP contribution in [0.15, 0.2) is 40.8 Å². The number of fused-ring (bicyclic) bond motifs is 1. The van der Waals surface area contributed by atoms with Crippen LogP contribution < -0.4 is 5.32 Å². The number of benzene rings is 2. The van der Waals surface area contributed by atoms with Gasteiger partial charge in [0.2, 0.25) is 5.82 Å². The van der Waals surface area contributed by atoms with Crippen LogP contribution in [0, 0.1) is 0 Å². The molecule has 0 saturated heterocycles. The van der Waals surface area contributed by atoms with Crippen molar-refractivity contribution in [3.8, 4) is 11.6 Å². The number of alkyl halides is 6. The van der Waals surface area contributed by atoms with E-state index in [-0.39, 0.29) is 23.1 Å². The topological polar surface area (TPSA) is 79.6 Å². The summed E-state index contributed by atoms with van der Waals surface area (Å²) < 4.78 is 83.6. The van der Waals surface area contributed by atoms with Gasteiger partial charge in [0.1, 0.15) is 5.58 Å². The highest BCUT2D eigenvalue weighted by Crippen LogP contribution is 2.41. The van der Waals surface area contributed by atoms with Crippen LogP contribution in [0.25, 0.3) is 22.6 Å². The molecule has 0 saturated carbocycles. The molecule has 0 spiro atoms. The van der Waals surface area contributed by atoms with Crippen LogP contribution in [0.4, 0.5) is 32.0 Å².